The van der Waals surface area contributed by atoms with Crippen molar-refractivity contribution >= 4 is 39.4 Å². The van der Waals surface area contributed by atoms with Gasteiger partial charge in [0, 0.05) is 34.4 Å². The maximum Gasteiger partial charge on any atom is 0.305 e. The molecule has 3 aromatic heterocycles. The molecule has 0 saturated heterocycles. The lowest BCUT2D eigenvalue weighted by Gasteiger charge is -2.13. The summed E-state index contributed by atoms with van der Waals surface area (Å²) < 4.78 is 11.4. The van der Waals surface area contributed by atoms with Gasteiger partial charge in [-0.15, -0.1) is 0 Å². The van der Waals surface area contributed by atoms with E-state index in [1.54, 1.807) is 25.3 Å². The molecule has 0 atom stereocenters. The number of amides is 3. The molecule has 0 spiro atoms. The average molecular weight is 500 g/mol. The Bertz CT molecular complexity index is 1220. The molecule has 0 bridgehead atoms. The van der Waals surface area contributed by atoms with Crippen molar-refractivity contribution in [1.29, 1.82) is 0 Å². The van der Waals surface area contributed by atoms with Gasteiger partial charge in [-0.25, -0.2) is 5.43 Å². The van der Waals surface area contributed by atoms with E-state index in [0.717, 1.165) is 6.42 Å². The fraction of sp³-hybridized carbons (Fsp3) is 0.190. The van der Waals surface area contributed by atoms with Crippen LogP contribution < -0.4 is 16.3 Å². The Morgan fingerprint density at radius 3 is 2.69 bits per heavy atom. The normalized spacial score (nSPS) is 14.0. The summed E-state index contributed by atoms with van der Waals surface area (Å²) in [6.07, 6.45) is 6.37. The van der Waals surface area contributed by atoms with E-state index < -0.39 is 17.7 Å². The number of halogens is 1. The summed E-state index contributed by atoms with van der Waals surface area (Å²) in [6, 6.07) is 4.67. The smallest absolute Gasteiger partial charge is 0.305 e. The Morgan fingerprint density at radius 2 is 1.94 bits per heavy atom. The largest absolute Gasteiger partial charge is 0.459 e. The Balaban J connectivity index is 1.49. The summed E-state index contributed by atoms with van der Waals surface area (Å²) in [7, 11) is 0. The van der Waals surface area contributed by atoms with Crippen LogP contribution in [-0.4, -0.2) is 28.4 Å². The van der Waals surface area contributed by atoms with Crippen molar-refractivity contribution in [2.24, 2.45) is 5.10 Å². The van der Waals surface area contributed by atoms with Crippen LogP contribution in [0.1, 0.15) is 61.2 Å². The molecule has 3 heterocycles. The number of hydrogen-bond donors (Lipinski definition) is 3. The molecule has 3 amide bonds. The van der Waals surface area contributed by atoms with E-state index >= 15 is 0 Å². The molecule has 4 rings (SSSR count). The SMILES string of the molecule is Cc1c(C(=O)NNC(=O)c2ccco2)oc2c1/C(=N/NC(=O)c1cncc(Br)c1)CCC2. The first-order valence-electron chi connectivity index (χ1n) is 9.68. The first kappa shape index (κ1) is 21.5. The Hall–Kier alpha value is -3.73. The fourth-order valence-electron chi connectivity index (χ4n) is 3.36. The number of rotatable bonds is 4. The van der Waals surface area contributed by atoms with Crippen LogP contribution in [0.5, 0.6) is 0 Å². The van der Waals surface area contributed by atoms with E-state index in [1.807, 2.05) is 0 Å². The van der Waals surface area contributed by atoms with Gasteiger partial charge in [0.05, 0.1) is 17.5 Å². The van der Waals surface area contributed by atoms with Crippen molar-refractivity contribution in [3.63, 3.8) is 0 Å². The van der Waals surface area contributed by atoms with Gasteiger partial charge in [0.15, 0.2) is 11.5 Å². The molecule has 0 unspecified atom stereocenters. The molecule has 1 aliphatic carbocycles. The van der Waals surface area contributed by atoms with Crippen LogP contribution in [0.25, 0.3) is 0 Å². The molecule has 10 nitrogen and oxygen atoms in total. The second-order valence-electron chi connectivity index (χ2n) is 6.98. The molecule has 1 aliphatic rings. The summed E-state index contributed by atoms with van der Waals surface area (Å²) in [4.78, 5) is 40.9. The lowest BCUT2D eigenvalue weighted by molar-refractivity contribution is 0.0815. The Morgan fingerprint density at radius 1 is 1.12 bits per heavy atom. The number of nitrogens with zero attached hydrogens (tertiary/aromatic N) is 2. The first-order valence-corrected chi connectivity index (χ1v) is 10.5. The van der Waals surface area contributed by atoms with E-state index in [2.05, 4.69) is 42.3 Å². The van der Waals surface area contributed by atoms with Crippen LogP contribution in [0.4, 0.5) is 0 Å². The summed E-state index contributed by atoms with van der Waals surface area (Å²) >= 11 is 3.28. The van der Waals surface area contributed by atoms with Crippen LogP contribution in [0, 0.1) is 6.92 Å². The van der Waals surface area contributed by atoms with Crippen molar-refractivity contribution < 1.29 is 23.2 Å². The number of furan rings is 2. The maximum absolute atomic E-state index is 12.6. The van der Waals surface area contributed by atoms with E-state index in [-0.39, 0.29) is 11.5 Å². The molecule has 164 valence electrons. The topological polar surface area (TPSA) is 139 Å². The third-order valence-electron chi connectivity index (χ3n) is 4.83. The molecule has 0 fully saturated rings. The van der Waals surface area contributed by atoms with Crippen LogP contribution in [0.2, 0.25) is 0 Å². The van der Waals surface area contributed by atoms with Gasteiger partial charge in [0.1, 0.15) is 5.76 Å². The molecule has 0 aliphatic heterocycles. The van der Waals surface area contributed by atoms with Gasteiger partial charge < -0.3 is 8.83 Å². The quantitative estimate of drug-likeness (QED) is 0.471. The Labute approximate surface area is 190 Å². The number of hydrazone groups is 1. The number of aromatic nitrogens is 1. The number of aryl methyl sites for hydroxylation is 1. The van der Waals surface area contributed by atoms with Gasteiger partial charge in [-0.1, -0.05) is 0 Å². The minimum absolute atomic E-state index is 0.0616. The van der Waals surface area contributed by atoms with Gasteiger partial charge in [-0.3, -0.25) is 30.2 Å². The third kappa shape index (κ3) is 4.47. The molecule has 11 heteroatoms. The number of pyridine rings is 1. The summed E-state index contributed by atoms with van der Waals surface area (Å²) in [5.41, 5.74) is 9.36. The van der Waals surface area contributed by atoms with Gasteiger partial charge in [-0.2, -0.15) is 5.10 Å². The highest BCUT2D eigenvalue weighted by molar-refractivity contribution is 9.10. The standard InChI is InChI=1S/C21H18BrN5O5/c1-11-17-14(24-25-19(28)12-8-13(22)10-23-9-12)4-2-5-15(17)32-18(11)21(30)27-26-20(29)16-6-3-7-31-16/h3,6-10H,2,4-5H2,1H3,(H,25,28)(H,26,29)(H,27,30)/b24-14+. The van der Waals surface area contributed by atoms with Crippen molar-refractivity contribution in [2.45, 2.75) is 26.2 Å². The number of carbonyl (C=O) groups excluding carboxylic acids is 3. The number of carbonyl (C=O) groups is 3. The zero-order valence-corrected chi connectivity index (χ0v) is 18.5. The van der Waals surface area contributed by atoms with Gasteiger partial charge in [-0.05, 0) is 53.9 Å². The number of hydrogen-bond acceptors (Lipinski definition) is 7. The van der Waals surface area contributed by atoms with Crippen LogP contribution in [0.3, 0.4) is 0 Å². The minimum atomic E-state index is -0.611. The maximum atomic E-state index is 12.6. The van der Waals surface area contributed by atoms with E-state index in [9.17, 15) is 14.4 Å². The second kappa shape index (κ2) is 9.18. The predicted octanol–water partition coefficient (Wildman–Crippen LogP) is 2.88. The molecule has 0 aromatic carbocycles. The highest BCUT2D eigenvalue weighted by Gasteiger charge is 2.28. The van der Waals surface area contributed by atoms with E-state index in [0.29, 0.717) is 45.5 Å². The Kier molecular flexibility index (Phi) is 6.17. The summed E-state index contributed by atoms with van der Waals surface area (Å²) in [5.74, 6) is -0.880. The van der Waals surface area contributed by atoms with Crippen molar-refractivity contribution in [3.05, 3.63) is 75.3 Å². The lowest BCUT2D eigenvalue weighted by atomic mass is 9.93. The highest BCUT2D eigenvalue weighted by atomic mass is 79.9. The molecular weight excluding hydrogens is 482 g/mol. The minimum Gasteiger partial charge on any atom is -0.459 e. The zero-order valence-electron chi connectivity index (χ0n) is 16.9. The van der Waals surface area contributed by atoms with Gasteiger partial charge >= 0.3 is 11.8 Å². The summed E-state index contributed by atoms with van der Waals surface area (Å²) in [5, 5.41) is 4.27. The number of hydrazine groups is 1. The average Bonchev–Trinajstić information content (AvgIpc) is 3.44. The highest BCUT2D eigenvalue weighted by Crippen LogP contribution is 2.29. The van der Waals surface area contributed by atoms with Crippen molar-refractivity contribution in [1.82, 2.24) is 21.3 Å². The number of fused-ring (bicyclic) bond motifs is 1. The van der Waals surface area contributed by atoms with Crippen LogP contribution in [-0.2, 0) is 6.42 Å². The monoisotopic (exact) mass is 499 g/mol. The number of nitrogens with one attached hydrogen (secondary N) is 3. The molecule has 0 saturated carbocycles. The second-order valence-corrected chi connectivity index (χ2v) is 7.90. The molecular formula is C21H18BrN5O5. The van der Waals surface area contributed by atoms with E-state index in [4.69, 9.17) is 8.83 Å². The molecule has 3 N–H and O–H groups in total. The fourth-order valence-corrected chi connectivity index (χ4v) is 3.72. The summed E-state index contributed by atoms with van der Waals surface area (Å²) in [6.45, 7) is 1.73. The van der Waals surface area contributed by atoms with Crippen molar-refractivity contribution in [2.75, 3.05) is 0 Å². The first-order chi connectivity index (χ1) is 15.4. The van der Waals surface area contributed by atoms with Gasteiger partial charge in [0.25, 0.3) is 5.91 Å². The van der Waals surface area contributed by atoms with Crippen LogP contribution >= 0.6 is 15.9 Å². The van der Waals surface area contributed by atoms with E-state index in [1.165, 1.54) is 18.5 Å². The predicted molar refractivity (Wildman–Crippen MR) is 116 cm³/mol. The lowest BCUT2D eigenvalue weighted by Crippen LogP contribution is -2.41. The molecule has 0 radical (unpaired) electrons. The molecule has 3 aromatic rings. The molecule has 32 heavy (non-hydrogen) atoms. The van der Waals surface area contributed by atoms with Crippen LogP contribution in [0.15, 0.2) is 55.3 Å². The van der Waals surface area contributed by atoms with Gasteiger partial charge in [0.2, 0.25) is 0 Å². The zero-order chi connectivity index (χ0) is 22.7. The third-order valence-corrected chi connectivity index (χ3v) is 5.26. The van der Waals surface area contributed by atoms with Crippen molar-refractivity contribution in [3.8, 4) is 0 Å².